The van der Waals surface area contributed by atoms with E-state index in [0.29, 0.717) is 18.2 Å². The number of hydrogen-bond donors (Lipinski definition) is 1. The van der Waals surface area contributed by atoms with Gasteiger partial charge in [0, 0.05) is 18.3 Å². The van der Waals surface area contributed by atoms with Crippen molar-refractivity contribution in [2.45, 2.75) is 18.9 Å². The van der Waals surface area contributed by atoms with Crippen LogP contribution in [0.15, 0.2) is 24.3 Å². The van der Waals surface area contributed by atoms with Gasteiger partial charge in [0.25, 0.3) is 0 Å². The number of sulfone groups is 1. The lowest BCUT2D eigenvalue weighted by Gasteiger charge is -2.35. The summed E-state index contributed by atoms with van der Waals surface area (Å²) in [5.41, 5.74) is 0.414. The van der Waals surface area contributed by atoms with E-state index in [9.17, 15) is 17.6 Å². The van der Waals surface area contributed by atoms with Gasteiger partial charge in [-0.2, -0.15) is 0 Å². The van der Waals surface area contributed by atoms with E-state index in [4.69, 9.17) is 0 Å². The Balaban J connectivity index is 1.62. The van der Waals surface area contributed by atoms with Gasteiger partial charge in [-0.15, -0.1) is 0 Å². The molecule has 2 fully saturated rings. The molecule has 5 nitrogen and oxygen atoms in total. The maximum absolute atomic E-state index is 13.1. The van der Waals surface area contributed by atoms with Crippen molar-refractivity contribution in [3.63, 3.8) is 0 Å². The van der Waals surface area contributed by atoms with Gasteiger partial charge in [-0.05, 0) is 37.0 Å². The van der Waals surface area contributed by atoms with Gasteiger partial charge in [-0.1, -0.05) is 6.07 Å². The van der Waals surface area contributed by atoms with E-state index in [2.05, 4.69) is 5.32 Å². The summed E-state index contributed by atoms with van der Waals surface area (Å²) < 4.78 is 36.7. The fourth-order valence-corrected chi connectivity index (χ4v) is 4.62. The molecule has 0 aromatic heterocycles. The van der Waals surface area contributed by atoms with E-state index < -0.39 is 15.7 Å². The molecular weight excluding hydrogens is 307 g/mol. The Morgan fingerprint density at radius 3 is 2.82 bits per heavy atom. The topological polar surface area (TPSA) is 66.5 Å². The predicted molar refractivity (Wildman–Crippen MR) is 81.8 cm³/mol. The van der Waals surface area contributed by atoms with Crippen molar-refractivity contribution in [1.29, 1.82) is 0 Å². The van der Waals surface area contributed by atoms with Gasteiger partial charge < -0.3 is 5.32 Å². The summed E-state index contributed by atoms with van der Waals surface area (Å²) >= 11 is 0. The molecule has 3 rings (SSSR count). The quantitative estimate of drug-likeness (QED) is 0.905. The summed E-state index contributed by atoms with van der Waals surface area (Å²) in [6.45, 7) is 0.535. The van der Waals surface area contributed by atoms with E-state index in [1.165, 1.54) is 18.2 Å². The number of hydrogen-bond acceptors (Lipinski definition) is 4. The maximum atomic E-state index is 13.1. The molecule has 22 heavy (non-hydrogen) atoms. The van der Waals surface area contributed by atoms with Crippen LogP contribution in [0.25, 0.3) is 0 Å². The van der Waals surface area contributed by atoms with Crippen LogP contribution >= 0.6 is 0 Å². The van der Waals surface area contributed by atoms with Gasteiger partial charge in [-0.25, -0.2) is 12.8 Å². The highest BCUT2D eigenvalue weighted by atomic mass is 32.2. The fraction of sp³-hybridized carbons (Fsp3) is 0.533. The Morgan fingerprint density at radius 1 is 1.36 bits per heavy atom. The largest absolute Gasteiger partial charge is 0.325 e. The molecular formula is C15H19FN2O3S. The zero-order valence-corrected chi connectivity index (χ0v) is 13.0. The minimum atomic E-state index is -2.99. The normalized spacial score (nSPS) is 24.9. The van der Waals surface area contributed by atoms with Crippen molar-refractivity contribution < 1.29 is 17.6 Å². The molecule has 1 heterocycles. The molecule has 1 aromatic carbocycles. The molecule has 2 aliphatic rings. The van der Waals surface area contributed by atoms with Crippen molar-refractivity contribution in [2.24, 2.45) is 5.92 Å². The summed E-state index contributed by atoms with van der Waals surface area (Å²) in [6, 6.07) is 5.67. The number of carbonyl (C=O) groups excluding carboxylic acids is 1. The molecule has 0 unspecified atom stereocenters. The SMILES string of the molecule is O=C(CN1CCS(=O)(=O)C[C@@H]1C1CC1)Nc1cccc(F)c1. The smallest absolute Gasteiger partial charge is 0.238 e. The molecule has 1 saturated heterocycles. The van der Waals surface area contributed by atoms with Crippen LogP contribution in [0.2, 0.25) is 0 Å². The van der Waals surface area contributed by atoms with Crippen LogP contribution in [-0.4, -0.2) is 49.9 Å². The molecule has 1 N–H and O–H groups in total. The molecule has 1 aromatic rings. The minimum Gasteiger partial charge on any atom is -0.325 e. The molecule has 7 heteroatoms. The van der Waals surface area contributed by atoms with Crippen molar-refractivity contribution in [2.75, 3.05) is 29.9 Å². The van der Waals surface area contributed by atoms with E-state index in [1.807, 2.05) is 4.90 Å². The van der Waals surface area contributed by atoms with Crippen LogP contribution in [0.5, 0.6) is 0 Å². The first kappa shape index (κ1) is 15.4. The highest BCUT2D eigenvalue weighted by molar-refractivity contribution is 7.91. The van der Waals surface area contributed by atoms with Gasteiger partial charge in [0.2, 0.25) is 5.91 Å². The molecule has 120 valence electrons. The summed E-state index contributed by atoms with van der Waals surface area (Å²) in [4.78, 5) is 14.1. The van der Waals surface area contributed by atoms with Gasteiger partial charge >= 0.3 is 0 Å². The van der Waals surface area contributed by atoms with Crippen molar-refractivity contribution >= 4 is 21.4 Å². The third kappa shape index (κ3) is 3.84. The lowest BCUT2D eigenvalue weighted by atomic mass is 10.1. The minimum absolute atomic E-state index is 0.0583. The summed E-state index contributed by atoms with van der Waals surface area (Å²) in [5.74, 6) is -0.0145. The second-order valence-corrected chi connectivity index (χ2v) is 8.28. The number of nitrogens with zero attached hydrogens (tertiary/aromatic N) is 1. The molecule has 0 spiro atoms. The van der Waals surface area contributed by atoms with Crippen LogP contribution in [0.4, 0.5) is 10.1 Å². The monoisotopic (exact) mass is 326 g/mol. The van der Waals surface area contributed by atoms with Crippen LogP contribution in [-0.2, 0) is 14.6 Å². The molecule has 0 radical (unpaired) electrons. The van der Waals surface area contributed by atoms with Crippen LogP contribution in [0.1, 0.15) is 12.8 Å². The van der Waals surface area contributed by atoms with Crippen LogP contribution in [0.3, 0.4) is 0 Å². The summed E-state index contributed by atoms with van der Waals surface area (Å²) in [5, 5.41) is 2.66. The molecule has 0 bridgehead atoms. The zero-order chi connectivity index (χ0) is 15.7. The Kier molecular flexibility index (Phi) is 4.18. The Bertz CT molecular complexity index is 673. The van der Waals surface area contributed by atoms with Gasteiger partial charge in [0.15, 0.2) is 9.84 Å². The first-order valence-electron chi connectivity index (χ1n) is 7.43. The third-order valence-corrected chi connectivity index (χ3v) is 5.86. The highest BCUT2D eigenvalue weighted by Crippen LogP contribution is 2.37. The average Bonchev–Trinajstić information content (AvgIpc) is 3.25. The number of nitrogens with one attached hydrogen (secondary N) is 1. The van der Waals surface area contributed by atoms with Crippen molar-refractivity contribution in [3.05, 3.63) is 30.1 Å². The van der Waals surface area contributed by atoms with Gasteiger partial charge in [0.1, 0.15) is 5.82 Å². The number of rotatable bonds is 4. The maximum Gasteiger partial charge on any atom is 0.238 e. The van der Waals surface area contributed by atoms with Crippen LogP contribution < -0.4 is 5.32 Å². The van der Waals surface area contributed by atoms with Crippen LogP contribution in [0, 0.1) is 11.7 Å². The Hall–Kier alpha value is -1.47. The summed E-state index contributed by atoms with van der Waals surface area (Å²) in [7, 11) is -2.99. The zero-order valence-electron chi connectivity index (χ0n) is 12.2. The van der Waals surface area contributed by atoms with E-state index in [1.54, 1.807) is 6.07 Å². The Labute approximate surface area is 129 Å². The predicted octanol–water partition coefficient (Wildman–Crippen LogP) is 1.27. The average molecular weight is 326 g/mol. The second kappa shape index (κ2) is 5.96. The Morgan fingerprint density at radius 2 is 2.14 bits per heavy atom. The lowest BCUT2D eigenvalue weighted by Crippen LogP contribution is -2.52. The first-order valence-corrected chi connectivity index (χ1v) is 9.25. The third-order valence-electron chi connectivity index (χ3n) is 4.20. The highest BCUT2D eigenvalue weighted by Gasteiger charge is 2.41. The number of anilines is 1. The molecule has 1 amide bonds. The van der Waals surface area contributed by atoms with Gasteiger partial charge in [0.05, 0.1) is 18.1 Å². The number of benzene rings is 1. The van der Waals surface area contributed by atoms with E-state index in [-0.39, 0.29) is 30.0 Å². The van der Waals surface area contributed by atoms with Crippen molar-refractivity contribution in [3.8, 4) is 0 Å². The number of halogens is 1. The molecule has 1 aliphatic carbocycles. The second-order valence-electron chi connectivity index (χ2n) is 6.05. The van der Waals surface area contributed by atoms with Crippen molar-refractivity contribution in [1.82, 2.24) is 4.90 Å². The summed E-state index contributed by atoms with van der Waals surface area (Å²) in [6.07, 6.45) is 2.06. The van der Waals surface area contributed by atoms with Gasteiger partial charge in [-0.3, -0.25) is 9.69 Å². The molecule has 1 atom stereocenters. The standard InChI is InChI=1S/C15H19FN2O3S/c16-12-2-1-3-13(8-12)17-15(19)9-18-6-7-22(20,21)10-14(18)11-4-5-11/h1-3,8,11,14H,4-7,9-10H2,(H,17,19)/t14-/m1/s1. The molecule has 1 aliphatic heterocycles. The van der Waals surface area contributed by atoms with E-state index in [0.717, 1.165) is 12.8 Å². The number of carbonyl (C=O) groups is 1. The fourth-order valence-electron chi connectivity index (χ4n) is 2.93. The molecule has 1 saturated carbocycles. The van der Waals surface area contributed by atoms with E-state index >= 15 is 0 Å². The first-order chi connectivity index (χ1) is 10.4. The lowest BCUT2D eigenvalue weighted by molar-refractivity contribution is -0.117. The number of amides is 1.